The third kappa shape index (κ3) is 4.49. The SMILES string of the molecule is COc1ncc(NC(=O)Nc2cccc(SC)c2)c(N(C)C)n1. The molecule has 1 aromatic heterocycles. The van der Waals surface area contributed by atoms with Gasteiger partial charge < -0.3 is 20.3 Å². The molecule has 2 amide bonds. The lowest BCUT2D eigenvalue weighted by Gasteiger charge is -2.17. The van der Waals surface area contributed by atoms with Crippen molar-refractivity contribution in [3.63, 3.8) is 0 Å². The first-order chi connectivity index (χ1) is 11.0. The number of hydrogen-bond acceptors (Lipinski definition) is 6. The average Bonchev–Trinajstić information content (AvgIpc) is 2.55. The van der Waals surface area contributed by atoms with Crippen LogP contribution in [-0.2, 0) is 0 Å². The fourth-order valence-corrected chi connectivity index (χ4v) is 2.33. The molecule has 1 aromatic carbocycles. The lowest BCUT2D eigenvalue weighted by molar-refractivity contribution is 0.262. The molecule has 0 radical (unpaired) electrons. The fraction of sp³-hybridized carbons (Fsp3) is 0.267. The van der Waals surface area contributed by atoms with Crippen molar-refractivity contribution in [1.29, 1.82) is 0 Å². The van der Waals surface area contributed by atoms with Gasteiger partial charge in [0.2, 0.25) is 0 Å². The molecule has 7 nitrogen and oxygen atoms in total. The predicted octanol–water partition coefficient (Wildman–Crippen LogP) is 2.92. The molecule has 0 fully saturated rings. The summed E-state index contributed by atoms with van der Waals surface area (Å²) in [5, 5.41) is 5.54. The molecule has 8 heteroatoms. The number of benzene rings is 1. The Morgan fingerprint density at radius 1 is 1.30 bits per heavy atom. The summed E-state index contributed by atoms with van der Waals surface area (Å²) < 4.78 is 5.01. The highest BCUT2D eigenvalue weighted by Gasteiger charge is 2.12. The minimum absolute atomic E-state index is 0.243. The summed E-state index contributed by atoms with van der Waals surface area (Å²) in [6, 6.07) is 7.49. The molecule has 0 aliphatic heterocycles. The van der Waals surface area contributed by atoms with E-state index in [1.54, 1.807) is 16.7 Å². The molecule has 1 heterocycles. The van der Waals surface area contributed by atoms with Crippen molar-refractivity contribution in [3.8, 4) is 6.01 Å². The minimum atomic E-state index is -0.361. The van der Waals surface area contributed by atoms with E-state index in [1.807, 2.05) is 44.6 Å². The summed E-state index contributed by atoms with van der Waals surface area (Å²) in [5.41, 5.74) is 1.21. The summed E-state index contributed by atoms with van der Waals surface area (Å²) >= 11 is 1.61. The van der Waals surface area contributed by atoms with Crippen LogP contribution in [0.15, 0.2) is 35.4 Å². The van der Waals surface area contributed by atoms with Gasteiger partial charge in [-0.2, -0.15) is 4.98 Å². The number of rotatable bonds is 5. The smallest absolute Gasteiger partial charge is 0.323 e. The van der Waals surface area contributed by atoms with Crippen LogP contribution in [0.25, 0.3) is 0 Å². The molecule has 2 N–H and O–H groups in total. The molecule has 0 aliphatic carbocycles. The zero-order valence-corrected chi connectivity index (χ0v) is 14.3. The summed E-state index contributed by atoms with van der Waals surface area (Å²) in [6.45, 7) is 0. The molecule has 2 aromatic rings. The van der Waals surface area contributed by atoms with Crippen molar-refractivity contribution < 1.29 is 9.53 Å². The second-order valence-electron chi connectivity index (χ2n) is 4.80. The Kier molecular flexibility index (Phi) is 5.64. The van der Waals surface area contributed by atoms with Crippen molar-refractivity contribution in [2.24, 2.45) is 0 Å². The van der Waals surface area contributed by atoms with E-state index in [9.17, 15) is 4.79 Å². The highest BCUT2D eigenvalue weighted by Crippen LogP contribution is 2.23. The van der Waals surface area contributed by atoms with Crippen molar-refractivity contribution in [1.82, 2.24) is 9.97 Å². The molecule has 23 heavy (non-hydrogen) atoms. The van der Waals surface area contributed by atoms with Crippen LogP contribution in [0.2, 0.25) is 0 Å². The predicted molar refractivity (Wildman–Crippen MR) is 93.8 cm³/mol. The van der Waals surface area contributed by atoms with Gasteiger partial charge in [0, 0.05) is 24.7 Å². The van der Waals surface area contributed by atoms with Crippen LogP contribution in [0.1, 0.15) is 0 Å². The quantitative estimate of drug-likeness (QED) is 0.819. The number of thioether (sulfide) groups is 1. The Labute approximate surface area is 139 Å². The number of amides is 2. The van der Waals surface area contributed by atoms with Crippen molar-refractivity contribution in [3.05, 3.63) is 30.5 Å². The van der Waals surface area contributed by atoms with Crippen LogP contribution < -0.4 is 20.3 Å². The Morgan fingerprint density at radius 3 is 2.74 bits per heavy atom. The normalized spacial score (nSPS) is 10.1. The Bertz CT molecular complexity index is 693. The third-order valence-corrected chi connectivity index (χ3v) is 3.65. The number of nitrogens with one attached hydrogen (secondary N) is 2. The second-order valence-corrected chi connectivity index (χ2v) is 5.68. The van der Waals surface area contributed by atoms with Crippen molar-refractivity contribution in [2.75, 3.05) is 43.0 Å². The van der Waals surface area contributed by atoms with Crippen LogP contribution in [-0.4, -0.2) is 43.5 Å². The van der Waals surface area contributed by atoms with E-state index in [0.29, 0.717) is 11.5 Å². The van der Waals surface area contributed by atoms with Crippen LogP contribution in [0.4, 0.5) is 22.0 Å². The maximum atomic E-state index is 12.2. The van der Waals surface area contributed by atoms with E-state index in [2.05, 4.69) is 20.6 Å². The van der Waals surface area contributed by atoms with Crippen LogP contribution in [0.5, 0.6) is 6.01 Å². The Balaban J connectivity index is 2.13. The van der Waals surface area contributed by atoms with Gasteiger partial charge >= 0.3 is 12.0 Å². The lowest BCUT2D eigenvalue weighted by atomic mass is 10.3. The fourth-order valence-electron chi connectivity index (χ4n) is 1.87. The molecule has 0 bridgehead atoms. The van der Waals surface area contributed by atoms with Gasteiger partial charge in [-0.05, 0) is 24.5 Å². The molecule has 0 saturated heterocycles. The number of urea groups is 1. The highest BCUT2D eigenvalue weighted by molar-refractivity contribution is 7.98. The number of hydrogen-bond donors (Lipinski definition) is 2. The Morgan fingerprint density at radius 2 is 2.09 bits per heavy atom. The minimum Gasteiger partial charge on any atom is -0.467 e. The first kappa shape index (κ1) is 16.9. The summed E-state index contributed by atoms with van der Waals surface area (Å²) in [6.07, 6.45) is 3.50. The van der Waals surface area contributed by atoms with Crippen LogP contribution in [0, 0.1) is 0 Å². The lowest BCUT2D eigenvalue weighted by Crippen LogP contribution is -2.22. The van der Waals surface area contributed by atoms with Gasteiger partial charge in [0.15, 0.2) is 5.82 Å². The molecule has 0 atom stereocenters. The maximum absolute atomic E-state index is 12.2. The summed E-state index contributed by atoms with van der Waals surface area (Å²) in [5.74, 6) is 0.560. The molecule has 0 saturated carbocycles. The number of ether oxygens (including phenoxy) is 1. The van der Waals surface area contributed by atoms with Crippen LogP contribution in [0.3, 0.4) is 0 Å². The summed E-state index contributed by atoms with van der Waals surface area (Å²) in [7, 11) is 5.15. The largest absolute Gasteiger partial charge is 0.467 e. The number of aromatic nitrogens is 2. The van der Waals surface area contributed by atoms with Gasteiger partial charge in [0.1, 0.15) is 5.69 Å². The van der Waals surface area contributed by atoms with E-state index in [4.69, 9.17) is 4.74 Å². The molecule has 0 spiro atoms. The van der Waals surface area contributed by atoms with Gasteiger partial charge in [-0.15, -0.1) is 11.8 Å². The molecular formula is C15H19N5O2S. The van der Waals surface area contributed by atoms with Crippen molar-refractivity contribution >= 4 is 35.0 Å². The second kappa shape index (κ2) is 7.68. The molecular weight excluding hydrogens is 314 g/mol. The topological polar surface area (TPSA) is 79.4 Å². The van der Waals surface area contributed by atoms with Gasteiger partial charge in [0.05, 0.1) is 13.3 Å². The maximum Gasteiger partial charge on any atom is 0.323 e. The van der Waals surface area contributed by atoms with Gasteiger partial charge in [0.25, 0.3) is 0 Å². The molecule has 0 aliphatic rings. The van der Waals surface area contributed by atoms with E-state index in [0.717, 1.165) is 10.6 Å². The average molecular weight is 333 g/mol. The van der Waals surface area contributed by atoms with Gasteiger partial charge in [-0.3, -0.25) is 0 Å². The molecule has 0 unspecified atom stereocenters. The number of nitrogens with zero attached hydrogens (tertiary/aromatic N) is 3. The Hall–Kier alpha value is -2.48. The number of anilines is 3. The zero-order valence-electron chi connectivity index (χ0n) is 13.5. The molecule has 2 rings (SSSR count). The van der Waals surface area contributed by atoms with Gasteiger partial charge in [-0.25, -0.2) is 9.78 Å². The first-order valence-electron chi connectivity index (χ1n) is 6.84. The highest BCUT2D eigenvalue weighted by atomic mass is 32.2. The van der Waals surface area contributed by atoms with E-state index in [-0.39, 0.29) is 12.0 Å². The van der Waals surface area contributed by atoms with E-state index in [1.165, 1.54) is 13.3 Å². The zero-order chi connectivity index (χ0) is 16.8. The van der Waals surface area contributed by atoms with Crippen molar-refractivity contribution in [2.45, 2.75) is 4.90 Å². The number of carbonyl (C=O) groups is 1. The van der Waals surface area contributed by atoms with Crippen LogP contribution >= 0.6 is 11.8 Å². The molecule has 122 valence electrons. The standard InChI is InChI=1S/C15H19N5O2S/c1-20(2)13-12(9-16-15(19-13)22-3)18-14(21)17-10-6-5-7-11(8-10)23-4/h5-9H,1-4H3,(H2,17,18,21). The first-order valence-corrected chi connectivity index (χ1v) is 8.06. The van der Waals surface area contributed by atoms with E-state index >= 15 is 0 Å². The number of carbonyl (C=O) groups excluding carboxylic acids is 1. The third-order valence-electron chi connectivity index (χ3n) is 2.93. The van der Waals surface area contributed by atoms with E-state index < -0.39 is 0 Å². The van der Waals surface area contributed by atoms with Gasteiger partial charge in [-0.1, -0.05) is 6.07 Å². The summed E-state index contributed by atoms with van der Waals surface area (Å²) in [4.78, 5) is 23.3. The number of methoxy groups -OCH3 is 1. The monoisotopic (exact) mass is 333 g/mol.